The van der Waals surface area contributed by atoms with E-state index in [1.54, 1.807) is 14.0 Å². The topological polar surface area (TPSA) is 35.5 Å². The first-order chi connectivity index (χ1) is 6.00. The van der Waals surface area contributed by atoms with Crippen LogP contribution in [0.1, 0.15) is 27.2 Å². The number of rotatable bonds is 5. The molecule has 0 amide bonds. The van der Waals surface area contributed by atoms with Crippen molar-refractivity contribution < 1.29 is 14.3 Å². The fraction of sp³-hybridized carbons (Fsp3) is 0.889. The Morgan fingerprint density at radius 3 is 2.38 bits per heavy atom. The molecule has 3 nitrogen and oxygen atoms in total. The van der Waals surface area contributed by atoms with Gasteiger partial charge in [0.15, 0.2) is 0 Å². The van der Waals surface area contributed by atoms with Crippen LogP contribution in [0, 0.1) is 0 Å². The molecular weight excluding hydrogens is 283 g/mol. The van der Waals surface area contributed by atoms with Gasteiger partial charge in [0.25, 0.3) is 0 Å². The molecule has 0 bridgehead atoms. The van der Waals surface area contributed by atoms with E-state index in [4.69, 9.17) is 9.47 Å². The second-order valence-electron chi connectivity index (χ2n) is 2.93. The third-order valence-corrected chi connectivity index (χ3v) is 3.07. The SMILES string of the molecule is CCOC(=O)[C@@](C)(I)[C@H](CC)OC. The summed E-state index contributed by atoms with van der Waals surface area (Å²) in [6, 6.07) is 0. The molecule has 0 aromatic carbocycles. The summed E-state index contributed by atoms with van der Waals surface area (Å²) in [4.78, 5) is 11.5. The first-order valence-electron chi connectivity index (χ1n) is 4.39. The van der Waals surface area contributed by atoms with E-state index in [9.17, 15) is 4.79 Å². The molecule has 0 spiro atoms. The van der Waals surface area contributed by atoms with Crippen LogP contribution >= 0.6 is 22.6 Å². The summed E-state index contributed by atoms with van der Waals surface area (Å²) in [5, 5.41) is 0. The second kappa shape index (κ2) is 5.80. The number of halogens is 1. The number of esters is 1. The van der Waals surface area contributed by atoms with E-state index in [1.165, 1.54) is 0 Å². The van der Waals surface area contributed by atoms with Crippen LogP contribution in [-0.2, 0) is 14.3 Å². The van der Waals surface area contributed by atoms with Gasteiger partial charge < -0.3 is 9.47 Å². The van der Waals surface area contributed by atoms with Crippen LogP contribution in [0.3, 0.4) is 0 Å². The number of methoxy groups -OCH3 is 1. The summed E-state index contributed by atoms with van der Waals surface area (Å²) in [6.45, 7) is 6.05. The lowest BCUT2D eigenvalue weighted by Gasteiger charge is -2.28. The molecule has 0 unspecified atom stereocenters. The highest BCUT2D eigenvalue weighted by Crippen LogP contribution is 2.28. The molecule has 0 aliphatic carbocycles. The Hall–Kier alpha value is 0.160. The van der Waals surface area contributed by atoms with Gasteiger partial charge in [0.05, 0.1) is 12.7 Å². The lowest BCUT2D eigenvalue weighted by molar-refractivity contribution is -0.148. The molecule has 0 aliphatic rings. The molecule has 0 saturated carbocycles. The van der Waals surface area contributed by atoms with Crippen molar-refractivity contribution in [3.05, 3.63) is 0 Å². The van der Waals surface area contributed by atoms with Crippen molar-refractivity contribution in [3.63, 3.8) is 0 Å². The first kappa shape index (κ1) is 13.2. The third-order valence-electron chi connectivity index (χ3n) is 1.93. The molecular formula is C9H17IO3. The molecule has 0 aliphatic heterocycles. The average molecular weight is 300 g/mol. The van der Waals surface area contributed by atoms with Crippen molar-refractivity contribution >= 4 is 28.6 Å². The largest absolute Gasteiger partial charge is 0.465 e. The van der Waals surface area contributed by atoms with Gasteiger partial charge in [0, 0.05) is 7.11 Å². The van der Waals surface area contributed by atoms with Crippen molar-refractivity contribution in [1.29, 1.82) is 0 Å². The van der Waals surface area contributed by atoms with Gasteiger partial charge in [0.2, 0.25) is 0 Å². The Bertz CT molecular complexity index is 164. The number of alkyl halides is 1. The standard InChI is InChI=1S/C9H17IO3/c1-5-7(12-4)9(3,10)8(11)13-6-2/h7H,5-6H2,1-4H3/t7-,9-/m0/s1. The third kappa shape index (κ3) is 3.42. The Labute approximate surface area is 93.3 Å². The lowest BCUT2D eigenvalue weighted by Crippen LogP contribution is -2.43. The average Bonchev–Trinajstić information content (AvgIpc) is 2.06. The molecule has 4 heteroatoms. The van der Waals surface area contributed by atoms with E-state index in [0.717, 1.165) is 6.42 Å². The molecule has 78 valence electrons. The smallest absolute Gasteiger partial charge is 0.324 e. The maximum atomic E-state index is 11.5. The van der Waals surface area contributed by atoms with Crippen LogP contribution in [-0.4, -0.2) is 29.2 Å². The minimum absolute atomic E-state index is 0.0906. The fourth-order valence-electron chi connectivity index (χ4n) is 1.17. The Kier molecular flexibility index (Phi) is 5.87. The minimum Gasteiger partial charge on any atom is -0.465 e. The first-order valence-corrected chi connectivity index (χ1v) is 5.47. The lowest BCUT2D eigenvalue weighted by atomic mass is 10.0. The molecule has 0 rings (SSSR count). The van der Waals surface area contributed by atoms with Crippen molar-refractivity contribution in [1.82, 2.24) is 0 Å². The summed E-state index contributed by atoms with van der Waals surface area (Å²) in [5.74, 6) is -0.204. The number of hydrogen-bond acceptors (Lipinski definition) is 3. The van der Waals surface area contributed by atoms with Crippen molar-refractivity contribution in [3.8, 4) is 0 Å². The highest BCUT2D eigenvalue weighted by atomic mass is 127. The Balaban J connectivity index is 4.42. The number of carbonyl (C=O) groups excluding carboxylic acids is 1. The molecule has 0 fully saturated rings. The fourth-order valence-corrected chi connectivity index (χ4v) is 2.03. The predicted molar refractivity (Wildman–Crippen MR) is 60.1 cm³/mol. The molecule has 0 radical (unpaired) electrons. The summed E-state index contributed by atoms with van der Waals surface area (Å²) >= 11 is 2.09. The maximum Gasteiger partial charge on any atom is 0.324 e. The molecule has 13 heavy (non-hydrogen) atoms. The summed E-state index contributed by atoms with van der Waals surface area (Å²) in [5.41, 5.74) is 0. The summed E-state index contributed by atoms with van der Waals surface area (Å²) in [7, 11) is 1.62. The normalized spacial score (nSPS) is 17.6. The van der Waals surface area contributed by atoms with Gasteiger partial charge in [-0.25, -0.2) is 0 Å². The van der Waals surface area contributed by atoms with Crippen LogP contribution in [0.15, 0.2) is 0 Å². The zero-order valence-corrected chi connectivity index (χ0v) is 10.8. The molecule has 0 aromatic heterocycles. The number of carbonyl (C=O) groups is 1. The van der Waals surface area contributed by atoms with Crippen molar-refractivity contribution in [2.75, 3.05) is 13.7 Å². The van der Waals surface area contributed by atoms with Gasteiger partial charge in [-0.2, -0.15) is 0 Å². The van der Waals surface area contributed by atoms with E-state index >= 15 is 0 Å². The Morgan fingerprint density at radius 1 is 1.54 bits per heavy atom. The van der Waals surface area contributed by atoms with Crippen molar-refractivity contribution in [2.24, 2.45) is 0 Å². The van der Waals surface area contributed by atoms with E-state index in [1.807, 2.05) is 13.8 Å². The molecule has 2 atom stereocenters. The highest BCUT2D eigenvalue weighted by molar-refractivity contribution is 14.1. The maximum absolute atomic E-state index is 11.5. The van der Waals surface area contributed by atoms with Gasteiger partial charge in [-0.3, -0.25) is 4.79 Å². The molecule has 0 N–H and O–H groups in total. The molecule has 0 saturated heterocycles. The molecule has 0 aromatic rings. The predicted octanol–water partition coefficient (Wildman–Crippen LogP) is 2.17. The van der Waals surface area contributed by atoms with Gasteiger partial charge >= 0.3 is 5.97 Å². The van der Waals surface area contributed by atoms with E-state index in [-0.39, 0.29) is 12.1 Å². The van der Waals surface area contributed by atoms with Crippen LogP contribution in [0.25, 0.3) is 0 Å². The van der Waals surface area contributed by atoms with E-state index in [0.29, 0.717) is 6.61 Å². The highest BCUT2D eigenvalue weighted by Gasteiger charge is 2.39. The zero-order chi connectivity index (χ0) is 10.5. The second-order valence-corrected chi connectivity index (χ2v) is 5.17. The summed E-state index contributed by atoms with van der Waals surface area (Å²) in [6.07, 6.45) is 0.710. The number of ether oxygens (including phenoxy) is 2. The molecule has 0 heterocycles. The van der Waals surface area contributed by atoms with Crippen LogP contribution in [0.5, 0.6) is 0 Å². The van der Waals surface area contributed by atoms with Gasteiger partial charge in [-0.05, 0) is 20.3 Å². The Morgan fingerprint density at radius 2 is 2.08 bits per heavy atom. The van der Waals surface area contributed by atoms with Crippen LogP contribution < -0.4 is 0 Å². The van der Waals surface area contributed by atoms with E-state index < -0.39 is 3.42 Å². The quantitative estimate of drug-likeness (QED) is 0.443. The summed E-state index contributed by atoms with van der Waals surface area (Å²) < 4.78 is 9.60. The minimum atomic E-state index is -0.586. The number of hydrogen-bond donors (Lipinski definition) is 0. The van der Waals surface area contributed by atoms with Crippen molar-refractivity contribution in [2.45, 2.75) is 36.7 Å². The van der Waals surface area contributed by atoms with E-state index in [2.05, 4.69) is 22.6 Å². The van der Waals surface area contributed by atoms with Crippen LogP contribution in [0.4, 0.5) is 0 Å². The van der Waals surface area contributed by atoms with Gasteiger partial charge in [-0.1, -0.05) is 29.5 Å². The zero-order valence-electron chi connectivity index (χ0n) is 8.59. The monoisotopic (exact) mass is 300 g/mol. The van der Waals surface area contributed by atoms with Gasteiger partial charge in [0.1, 0.15) is 3.42 Å². The van der Waals surface area contributed by atoms with Gasteiger partial charge in [-0.15, -0.1) is 0 Å². The van der Waals surface area contributed by atoms with Crippen LogP contribution in [0.2, 0.25) is 0 Å².